The van der Waals surface area contributed by atoms with Gasteiger partial charge in [0.25, 0.3) is 6.47 Å². The van der Waals surface area contributed by atoms with Crippen molar-refractivity contribution in [3.8, 4) is 0 Å². The minimum absolute atomic E-state index is 0.144. The van der Waals surface area contributed by atoms with E-state index in [0.29, 0.717) is 13.1 Å². The zero-order chi connectivity index (χ0) is 8.81. The molecule has 70 valence electrons. The van der Waals surface area contributed by atoms with Gasteiger partial charge in [0.05, 0.1) is 6.61 Å². The third kappa shape index (κ3) is 3.19. The molecule has 0 spiro atoms. The first-order valence-electron chi connectivity index (χ1n) is 4.36. The highest BCUT2D eigenvalue weighted by atomic mass is 16.5. The van der Waals surface area contributed by atoms with Crippen LogP contribution in [0.5, 0.6) is 0 Å². The molecule has 1 atom stereocenters. The van der Waals surface area contributed by atoms with Gasteiger partial charge in [-0.2, -0.15) is 0 Å². The molecule has 0 amide bonds. The third-order valence-electron chi connectivity index (χ3n) is 2.12. The van der Waals surface area contributed by atoms with Crippen LogP contribution in [0, 0.1) is 0 Å². The van der Waals surface area contributed by atoms with Crippen LogP contribution in [0.2, 0.25) is 0 Å². The number of nitrogens with zero attached hydrogens (tertiary/aromatic N) is 1. The van der Waals surface area contributed by atoms with E-state index in [1.54, 1.807) is 0 Å². The lowest BCUT2D eigenvalue weighted by atomic mass is 10.1. The molecule has 1 aliphatic rings. The van der Waals surface area contributed by atoms with Crippen molar-refractivity contribution in [3.63, 3.8) is 0 Å². The second kappa shape index (κ2) is 5.11. The van der Waals surface area contributed by atoms with Gasteiger partial charge in [-0.1, -0.05) is 0 Å². The van der Waals surface area contributed by atoms with E-state index in [1.807, 2.05) is 0 Å². The van der Waals surface area contributed by atoms with Crippen molar-refractivity contribution in [1.29, 1.82) is 0 Å². The Morgan fingerprint density at radius 3 is 2.83 bits per heavy atom. The molecule has 1 saturated heterocycles. The smallest absolute Gasteiger partial charge is 0.293 e. The van der Waals surface area contributed by atoms with Crippen molar-refractivity contribution in [2.75, 3.05) is 26.2 Å². The minimum Gasteiger partial charge on any atom is -0.468 e. The normalized spacial score (nSPS) is 19.8. The zero-order valence-electron chi connectivity index (χ0n) is 7.24. The minimum atomic E-state index is 0.144. The first-order chi connectivity index (χ1) is 5.83. The van der Waals surface area contributed by atoms with Crippen LogP contribution in [0.25, 0.3) is 0 Å². The van der Waals surface area contributed by atoms with E-state index in [2.05, 4.69) is 9.64 Å². The third-order valence-corrected chi connectivity index (χ3v) is 2.12. The van der Waals surface area contributed by atoms with Crippen LogP contribution in [0.4, 0.5) is 0 Å². The molecule has 4 heteroatoms. The molecule has 0 radical (unpaired) electrons. The molecule has 4 nitrogen and oxygen atoms in total. The van der Waals surface area contributed by atoms with E-state index >= 15 is 0 Å². The van der Waals surface area contributed by atoms with Crippen molar-refractivity contribution in [3.05, 3.63) is 0 Å². The van der Waals surface area contributed by atoms with Crippen LogP contribution in [0.1, 0.15) is 12.8 Å². The lowest BCUT2D eigenvalue weighted by Gasteiger charge is -2.32. The standard InChI is InChI=1S/C8H16N2O2/c9-8(2-5-12-7-11)6-10-3-1-4-10/h7-8H,1-6,9H2. The molecule has 12 heavy (non-hydrogen) atoms. The van der Waals surface area contributed by atoms with Gasteiger partial charge in [-0.25, -0.2) is 0 Å². The number of likely N-dealkylation sites (tertiary alicyclic amines) is 1. The molecule has 1 unspecified atom stereocenters. The number of hydrogen-bond acceptors (Lipinski definition) is 4. The highest BCUT2D eigenvalue weighted by molar-refractivity contribution is 5.36. The number of carbonyl (C=O) groups is 1. The lowest BCUT2D eigenvalue weighted by molar-refractivity contribution is -0.128. The molecule has 0 saturated carbocycles. The highest BCUT2D eigenvalue weighted by Crippen LogP contribution is 2.06. The molecule has 0 aromatic carbocycles. The SMILES string of the molecule is NC(CCOC=O)CN1CCC1. The van der Waals surface area contributed by atoms with Gasteiger partial charge in [0.15, 0.2) is 0 Å². The van der Waals surface area contributed by atoms with Crippen molar-refractivity contribution in [2.45, 2.75) is 18.9 Å². The molecular formula is C8H16N2O2. The summed E-state index contributed by atoms with van der Waals surface area (Å²) in [4.78, 5) is 12.1. The molecule has 1 heterocycles. The van der Waals surface area contributed by atoms with Gasteiger partial charge in [-0.3, -0.25) is 4.79 Å². The number of ether oxygens (including phenoxy) is 1. The molecule has 0 aliphatic carbocycles. The van der Waals surface area contributed by atoms with E-state index < -0.39 is 0 Å². The average Bonchev–Trinajstić information content (AvgIpc) is 1.98. The van der Waals surface area contributed by atoms with E-state index in [-0.39, 0.29) is 6.04 Å². The molecule has 0 aromatic heterocycles. The quantitative estimate of drug-likeness (QED) is 0.437. The first kappa shape index (κ1) is 9.48. The maximum absolute atomic E-state index is 9.80. The summed E-state index contributed by atoms with van der Waals surface area (Å²) < 4.78 is 4.56. The fraction of sp³-hybridized carbons (Fsp3) is 0.875. The second-order valence-corrected chi connectivity index (χ2v) is 3.17. The molecule has 0 aromatic rings. The van der Waals surface area contributed by atoms with Crippen LogP contribution < -0.4 is 5.73 Å². The van der Waals surface area contributed by atoms with Gasteiger partial charge in [-0.15, -0.1) is 0 Å². The topological polar surface area (TPSA) is 55.6 Å². The van der Waals surface area contributed by atoms with Gasteiger partial charge < -0.3 is 15.4 Å². The fourth-order valence-electron chi connectivity index (χ4n) is 1.25. The molecule has 1 aliphatic heterocycles. The van der Waals surface area contributed by atoms with Crippen LogP contribution in [0.3, 0.4) is 0 Å². The number of carbonyl (C=O) groups excluding carboxylic acids is 1. The predicted octanol–water partition coefficient (Wildman–Crippen LogP) is -0.418. The van der Waals surface area contributed by atoms with E-state index in [9.17, 15) is 4.79 Å². The molecule has 1 rings (SSSR count). The van der Waals surface area contributed by atoms with E-state index in [0.717, 1.165) is 13.0 Å². The summed E-state index contributed by atoms with van der Waals surface area (Å²) in [5, 5.41) is 0. The van der Waals surface area contributed by atoms with E-state index in [4.69, 9.17) is 5.73 Å². The Labute approximate surface area is 72.7 Å². The molecular weight excluding hydrogens is 156 g/mol. The van der Waals surface area contributed by atoms with Gasteiger partial charge in [0, 0.05) is 12.6 Å². The summed E-state index contributed by atoms with van der Waals surface area (Å²) in [7, 11) is 0. The Morgan fingerprint density at radius 2 is 2.33 bits per heavy atom. The molecule has 2 N–H and O–H groups in total. The number of rotatable bonds is 6. The summed E-state index contributed by atoms with van der Waals surface area (Å²) >= 11 is 0. The Balaban J connectivity index is 1.94. The summed E-state index contributed by atoms with van der Waals surface area (Å²) in [5.74, 6) is 0. The predicted molar refractivity (Wildman–Crippen MR) is 45.7 cm³/mol. The van der Waals surface area contributed by atoms with Crippen LogP contribution in [-0.4, -0.2) is 43.7 Å². The summed E-state index contributed by atoms with van der Waals surface area (Å²) in [5.41, 5.74) is 5.79. The fourth-order valence-corrected chi connectivity index (χ4v) is 1.25. The van der Waals surface area contributed by atoms with Gasteiger partial charge in [-0.05, 0) is 25.9 Å². The summed E-state index contributed by atoms with van der Waals surface area (Å²) in [6.07, 6.45) is 2.05. The van der Waals surface area contributed by atoms with Crippen LogP contribution in [0.15, 0.2) is 0 Å². The van der Waals surface area contributed by atoms with E-state index in [1.165, 1.54) is 19.5 Å². The van der Waals surface area contributed by atoms with Crippen molar-refractivity contribution in [1.82, 2.24) is 4.90 Å². The summed E-state index contributed by atoms with van der Waals surface area (Å²) in [6.45, 7) is 4.18. The van der Waals surface area contributed by atoms with Gasteiger partial charge in [0.2, 0.25) is 0 Å². The Bertz CT molecular complexity index is 137. The maximum atomic E-state index is 9.80. The van der Waals surface area contributed by atoms with Crippen molar-refractivity contribution < 1.29 is 9.53 Å². The van der Waals surface area contributed by atoms with Crippen LogP contribution >= 0.6 is 0 Å². The lowest BCUT2D eigenvalue weighted by Crippen LogP contribution is -2.45. The Kier molecular flexibility index (Phi) is 4.04. The average molecular weight is 172 g/mol. The number of nitrogens with two attached hydrogens (primary N) is 1. The Morgan fingerprint density at radius 1 is 1.58 bits per heavy atom. The summed E-state index contributed by atoms with van der Waals surface area (Å²) in [6, 6.07) is 0.144. The number of hydrogen-bond donors (Lipinski definition) is 1. The molecule has 0 bridgehead atoms. The van der Waals surface area contributed by atoms with Crippen LogP contribution in [-0.2, 0) is 9.53 Å². The maximum Gasteiger partial charge on any atom is 0.293 e. The largest absolute Gasteiger partial charge is 0.468 e. The monoisotopic (exact) mass is 172 g/mol. The Hall–Kier alpha value is -0.610. The van der Waals surface area contributed by atoms with Gasteiger partial charge in [0.1, 0.15) is 0 Å². The zero-order valence-corrected chi connectivity index (χ0v) is 7.24. The highest BCUT2D eigenvalue weighted by Gasteiger charge is 2.16. The first-order valence-corrected chi connectivity index (χ1v) is 4.36. The van der Waals surface area contributed by atoms with Gasteiger partial charge >= 0.3 is 0 Å². The molecule has 1 fully saturated rings. The van der Waals surface area contributed by atoms with Crippen molar-refractivity contribution >= 4 is 6.47 Å². The van der Waals surface area contributed by atoms with Crippen molar-refractivity contribution in [2.24, 2.45) is 5.73 Å². The second-order valence-electron chi connectivity index (χ2n) is 3.17.